The molecule has 0 aromatic heterocycles. The summed E-state index contributed by atoms with van der Waals surface area (Å²) in [7, 11) is -3.18. The number of hydrogen-bond acceptors (Lipinski definition) is 3. The number of fused-ring (bicyclic) bond motifs is 2. The standard InChI is InChI=1S/C18H25FN2O3S/c1-12-3-4-13(9-17(12)19)5-8-18(22)20-14-10-15-6-7-16(11-14)21(15)25(2,23)24/h3-4,9,14-16H,5-8,10-11H2,1-2H3,(H,20,22). The van der Waals surface area contributed by atoms with Crippen LogP contribution in [0.15, 0.2) is 18.2 Å². The van der Waals surface area contributed by atoms with Gasteiger partial charge in [0.1, 0.15) is 5.82 Å². The molecule has 2 heterocycles. The second-order valence-electron chi connectivity index (χ2n) is 7.30. The Labute approximate surface area is 148 Å². The van der Waals surface area contributed by atoms with Crippen LogP contribution >= 0.6 is 0 Å². The maximum atomic E-state index is 13.5. The third-order valence-electron chi connectivity index (χ3n) is 5.29. The molecule has 25 heavy (non-hydrogen) atoms. The van der Waals surface area contributed by atoms with Gasteiger partial charge in [0.2, 0.25) is 15.9 Å². The van der Waals surface area contributed by atoms with Crippen LogP contribution in [-0.2, 0) is 21.2 Å². The van der Waals surface area contributed by atoms with Crippen LogP contribution in [0.1, 0.15) is 43.2 Å². The predicted octanol–water partition coefficient (Wildman–Crippen LogP) is 2.14. The summed E-state index contributed by atoms with van der Waals surface area (Å²) in [6, 6.07) is 5.08. The molecule has 7 heteroatoms. The van der Waals surface area contributed by atoms with E-state index in [4.69, 9.17) is 0 Å². The highest BCUT2D eigenvalue weighted by Gasteiger charge is 2.45. The van der Waals surface area contributed by atoms with Gasteiger partial charge in [0, 0.05) is 24.5 Å². The molecule has 0 saturated carbocycles. The summed E-state index contributed by atoms with van der Waals surface area (Å²) < 4.78 is 39.0. The van der Waals surface area contributed by atoms with Crippen LogP contribution in [0.4, 0.5) is 4.39 Å². The van der Waals surface area contributed by atoms with Gasteiger partial charge in [0.05, 0.1) is 6.26 Å². The number of halogens is 1. The van der Waals surface area contributed by atoms with Crippen molar-refractivity contribution in [2.45, 2.75) is 63.6 Å². The number of amides is 1. The molecule has 2 saturated heterocycles. The van der Waals surface area contributed by atoms with E-state index in [1.165, 1.54) is 12.3 Å². The molecule has 2 unspecified atom stereocenters. The minimum Gasteiger partial charge on any atom is -0.353 e. The molecule has 1 N–H and O–H groups in total. The number of nitrogens with one attached hydrogen (secondary N) is 1. The second-order valence-corrected chi connectivity index (χ2v) is 9.18. The number of benzene rings is 1. The molecule has 1 aromatic rings. The number of aryl methyl sites for hydroxylation is 2. The van der Waals surface area contributed by atoms with Gasteiger partial charge in [-0.25, -0.2) is 12.8 Å². The lowest BCUT2D eigenvalue weighted by Crippen LogP contribution is -2.52. The summed E-state index contributed by atoms with van der Waals surface area (Å²) >= 11 is 0. The van der Waals surface area contributed by atoms with Gasteiger partial charge in [-0.2, -0.15) is 4.31 Å². The Morgan fingerprint density at radius 1 is 1.28 bits per heavy atom. The van der Waals surface area contributed by atoms with E-state index in [0.717, 1.165) is 18.4 Å². The third kappa shape index (κ3) is 4.20. The quantitative estimate of drug-likeness (QED) is 0.866. The van der Waals surface area contributed by atoms with Gasteiger partial charge in [-0.15, -0.1) is 0 Å². The molecule has 1 amide bonds. The van der Waals surface area contributed by atoms with Crippen molar-refractivity contribution in [1.29, 1.82) is 0 Å². The first-order valence-electron chi connectivity index (χ1n) is 8.77. The fraction of sp³-hybridized carbons (Fsp3) is 0.611. The van der Waals surface area contributed by atoms with Gasteiger partial charge in [-0.05, 0) is 56.2 Å². The van der Waals surface area contributed by atoms with E-state index < -0.39 is 10.0 Å². The molecular weight excluding hydrogens is 343 g/mol. The van der Waals surface area contributed by atoms with Gasteiger partial charge in [0.15, 0.2) is 0 Å². The Hall–Kier alpha value is -1.47. The highest BCUT2D eigenvalue weighted by atomic mass is 32.2. The number of nitrogens with zero attached hydrogens (tertiary/aromatic N) is 1. The molecule has 0 radical (unpaired) electrons. The highest BCUT2D eigenvalue weighted by molar-refractivity contribution is 7.88. The Kier molecular flexibility index (Phi) is 5.16. The maximum Gasteiger partial charge on any atom is 0.220 e. The van der Waals surface area contributed by atoms with E-state index >= 15 is 0 Å². The van der Waals surface area contributed by atoms with Crippen LogP contribution in [0.3, 0.4) is 0 Å². The lowest BCUT2D eigenvalue weighted by molar-refractivity contribution is -0.122. The number of piperidine rings is 1. The summed E-state index contributed by atoms with van der Waals surface area (Å²) in [5, 5.41) is 3.03. The monoisotopic (exact) mass is 368 g/mol. The highest BCUT2D eigenvalue weighted by Crippen LogP contribution is 2.37. The molecule has 0 spiro atoms. The van der Waals surface area contributed by atoms with E-state index in [1.54, 1.807) is 17.3 Å². The molecule has 138 valence electrons. The minimum absolute atomic E-state index is 0.00486. The fourth-order valence-electron chi connectivity index (χ4n) is 4.14. The number of rotatable bonds is 5. The van der Waals surface area contributed by atoms with E-state index in [-0.39, 0.29) is 29.8 Å². The van der Waals surface area contributed by atoms with Crippen LogP contribution < -0.4 is 5.32 Å². The van der Waals surface area contributed by atoms with Gasteiger partial charge in [0.25, 0.3) is 0 Å². The van der Waals surface area contributed by atoms with Crippen molar-refractivity contribution in [3.8, 4) is 0 Å². The SMILES string of the molecule is Cc1ccc(CCC(=O)NC2CC3CCC(C2)N3S(C)(=O)=O)cc1F. The molecule has 2 bridgehead atoms. The van der Waals surface area contributed by atoms with Crippen LogP contribution in [0.5, 0.6) is 0 Å². The van der Waals surface area contributed by atoms with Crippen LogP contribution in [0.25, 0.3) is 0 Å². The first-order chi connectivity index (χ1) is 11.7. The van der Waals surface area contributed by atoms with E-state index in [2.05, 4.69) is 5.32 Å². The van der Waals surface area contributed by atoms with Crippen molar-refractivity contribution in [3.05, 3.63) is 35.1 Å². The smallest absolute Gasteiger partial charge is 0.220 e. The van der Waals surface area contributed by atoms with Crippen molar-refractivity contribution < 1.29 is 17.6 Å². The van der Waals surface area contributed by atoms with Crippen molar-refractivity contribution in [3.63, 3.8) is 0 Å². The lowest BCUT2D eigenvalue weighted by atomic mass is 9.99. The minimum atomic E-state index is -3.18. The van der Waals surface area contributed by atoms with Crippen LogP contribution in [0.2, 0.25) is 0 Å². The average Bonchev–Trinajstić information content (AvgIpc) is 2.81. The molecule has 2 aliphatic heterocycles. The molecule has 3 rings (SSSR count). The van der Waals surface area contributed by atoms with Crippen LogP contribution in [0, 0.1) is 12.7 Å². The zero-order valence-corrected chi connectivity index (χ0v) is 15.5. The lowest BCUT2D eigenvalue weighted by Gasteiger charge is -2.37. The van der Waals surface area contributed by atoms with Gasteiger partial charge in [-0.1, -0.05) is 12.1 Å². The summed E-state index contributed by atoms with van der Waals surface area (Å²) in [4.78, 5) is 12.2. The molecule has 2 aliphatic rings. The van der Waals surface area contributed by atoms with E-state index in [1.807, 2.05) is 6.07 Å². The number of carbonyl (C=O) groups excluding carboxylic acids is 1. The Balaban J connectivity index is 1.52. The zero-order valence-electron chi connectivity index (χ0n) is 14.7. The third-order valence-corrected chi connectivity index (χ3v) is 6.65. The van der Waals surface area contributed by atoms with Crippen LogP contribution in [-0.4, -0.2) is 43.0 Å². The molecule has 1 aromatic carbocycles. The Morgan fingerprint density at radius 2 is 1.92 bits per heavy atom. The predicted molar refractivity (Wildman–Crippen MR) is 94.1 cm³/mol. The second kappa shape index (κ2) is 7.03. The van der Waals surface area contributed by atoms with Crippen molar-refractivity contribution in [2.75, 3.05) is 6.26 Å². The Bertz CT molecular complexity index is 752. The molecule has 0 aliphatic carbocycles. The fourth-order valence-corrected chi connectivity index (χ4v) is 5.61. The summed E-state index contributed by atoms with van der Waals surface area (Å²) in [6.45, 7) is 1.71. The Morgan fingerprint density at radius 3 is 2.48 bits per heavy atom. The largest absolute Gasteiger partial charge is 0.353 e. The molecule has 2 fully saturated rings. The molecule has 2 atom stereocenters. The van der Waals surface area contributed by atoms with Crippen molar-refractivity contribution in [1.82, 2.24) is 9.62 Å². The molecule has 5 nitrogen and oxygen atoms in total. The number of carbonyl (C=O) groups is 1. The van der Waals surface area contributed by atoms with Gasteiger partial charge in [-0.3, -0.25) is 4.79 Å². The normalized spacial score (nSPS) is 26.6. The summed E-state index contributed by atoms with van der Waals surface area (Å²) in [5.74, 6) is -0.305. The van der Waals surface area contributed by atoms with Gasteiger partial charge < -0.3 is 5.32 Å². The van der Waals surface area contributed by atoms with Gasteiger partial charge >= 0.3 is 0 Å². The number of hydrogen-bond donors (Lipinski definition) is 1. The first-order valence-corrected chi connectivity index (χ1v) is 10.6. The maximum absolute atomic E-state index is 13.5. The first kappa shape index (κ1) is 18.3. The number of sulfonamides is 1. The van der Waals surface area contributed by atoms with E-state index in [9.17, 15) is 17.6 Å². The summed E-state index contributed by atoms with van der Waals surface area (Å²) in [6.07, 6.45) is 5.16. The average molecular weight is 368 g/mol. The van der Waals surface area contributed by atoms with Crippen molar-refractivity contribution in [2.24, 2.45) is 0 Å². The summed E-state index contributed by atoms with van der Waals surface area (Å²) in [5.41, 5.74) is 1.41. The topological polar surface area (TPSA) is 66.5 Å². The van der Waals surface area contributed by atoms with Crippen molar-refractivity contribution >= 4 is 15.9 Å². The van der Waals surface area contributed by atoms with E-state index in [0.29, 0.717) is 31.2 Å². The zero-order chi connectivity index (χ0) is 18.2. The molecular formula is C18H25FN2O3S.